The highest BCUT2D eigenvalue weighted by Crippen LogP contribution is 2.42. The maximum atomic E-state index is 12.9. The highest BCUT2D eigenvalue weighted by atomic mass is 16.5. The van der Waals surface area contributed by atoms with Gasteiger partial charge in [0.2, 0.25) is 17.7 Å². The summed E-state index contributed by atoms with van der Waals surface area (Å²) in [6, 6.07) is 12.4. The molecule has 0 radical (unpaired) electrons. The standard InChI is InChI=1S/C28H30N2O5/c1-16-5-11-22-23(12-16)27(33)30(26(22)32)20-7-9-21(10-8-20)35-28(34)19-14-25(31)29(15-19)24-13-17(2)4-6-18(24)3/h4,6-10,13,16,19,22-23H,5,11-12,14-15H2,1-3H3/t16-,19+,22+,23-/m0/s1. The zero-order chi connectivity index (χ0) is 24.9. The predicted molar refractivity (Wildman–Crippen MR) is 131 cm³/mol. The lowest BCUT2D eigenvalue weighted by atomic mass is 9.76. The second kappa shape index (κ2) is 8.95. The fourth-order valence-electron chi connectivity index (χ4n) is 5.62. The van der Waals surface area contributed by atoms with Gasteiger partial charge in [-0.1, -0.05) is 19.1 Å². The molecule has 7 heteroatoms. The summed E-state index contributed by atoms with van der Waals surface area (Å²) in [5, 5.41) is 0. The molecule has 0 spiro atoms. The van der Waals surface area contributed by atoms with Crippen molar-refractivity contribution in [3.63, 3.8) is 0 Å². The van der Waals surface area contributed by atoms with Gasteiger partial charge in [0.05, 0.1) is 23.4 Å². The number of amides is 3. The molecule has 3 aliphatic rings. The number of rotatable bonds is 4. The van der Waals surface area contributed by atoms with E-state index in [9.17, 15) is 19.2 Å². The number of nitrogens with zero attached hydrogens (tertiary/aromatic N) is 2. The summed E-state index contributed by atoms with van der Waals surface area (Å²) < 4.78 is 5.56. The van der Waals surface area contributed by atoms with E-state index in [1.165, 1.54) is 4.90 Å². The lowest BCUT2D eigenvalue weighted by Gasteiger charge is -2.25. The number of benzene rings is 2. The molecule has 0 bridgehead atoms. The van der Waals surface area contributed by atoms with Gasteiger partial charge in [-0.2, -0.15) is 0 Å². The van der Waals surface area contributed by atoms with Crippen LogP contribution < -0.4 is 14.5 Å². The number of imide groups is 1. The van der Waals surface area contributed by atoms with Crippen molar-refractivity contribution in [1.82, 2.24) is 0 Å². The van der Waals surface area contributed by atoms with Gasteiger partial charge in [-0.05, 0) is 80.5 Å². The Balaban J connectivity index is 1.25. The highest BCUT2D eigenvalue weighted by molar-refractivity contribution is 6.22. The molecule has 35 heavy (non-hydrogen) atoms. The smallest absolute Gasteiger partial charge is 0.316 e. The number of hydrogen-bond acceptors (Lipinski definition) is 5. The molecule has 3 amide bonds. The largest absolute Gasteiger partial charge is 0.426 e. The summed E-state index contributed by atoms with van der Waals surface area (Å²) in [6.45, 7) is 6.31. The van der Waals surface area contributed by atoms with Crippen molar-refractivity contribution in [2.45, 2.75) is 46.5 Å². The van der Waals surface area contributed by atoms with E-state index in [-0.39, 0.29) is 42.5 Å². The van der Waals surface area contributed by atoms with E-state index in [0.717, 1.165) is 36.1 Å². The van der Waals surface area contributed by atoms with Gasteiger partial charge >= 0.3 is 5.97 Å². The normalized spacial score (nSPS) is 26.3. The molecule has 1 saturated carbocycles. The summed E-state index contributed by atoms with van der Waals surface area (Å²) >= 11 is 0. The number of anilines is 2. The van der Waals surface area contributed by atoms with Crippen molar-refractivity contribution in [3.8, 4) is 5.75 Å². The molecule has 3 fully saturated rings. The molecular formula is C28H30N2O5. The van der Waals surface area contributed by atoms with Crippen LogP contribution in [0.25, 0.3) is 0 Å². The molecule has 0 N–H and O–H groups in total. The number of hydrogen-bond donors (Lipinski definition) is 0. The number of esters is 1. The SMILES string of the molecule is Cc1ccc(C)c(N2C[C@H](C(=O)Oc3ccc(N4C(=O)[C@H]5C[C@@H](C)CC[C@H]5C4=O)cc3)CC2=O)c1. The molecule has 2 saturated heterocycles. The van der Waals surface area contributed by atoms with Gasteiger partial charge in [-0.3, -0.25) is 24.1 Å². The van der Waals surface area contributed by atoms with Gasteiger partial charge in [-0.15, -0.1) is 0 Å². The highest BCUT2D eigenvalue weighted by Gasteiger charge is 2.50. The first-order valence-corrected chi connectivity index (χ1v) is 12.3. The molecular weight excluding hydrogens is 444 g/mol. The Morgan fingerprint density at radius 1 is 0.943 bits per heavy atom. The predicted octanol–water partition coefficient (Wildman–Crippen LogP) is 4.19. The topological polar surface area (TPSA) is 84.0 Å². The monoisotopic (exact) mass is 474 g/mol. The third-order valence-corrected chi connectivity index (χ3v) is 7.61. The second-order valence-corrected chi connectivity index (χ2v) is 10.3. The maximum Gasteiger partial charge on any atom is 0.316 e. The molecule has 5 rings (SSSR count). The van der Waals surface area contributed by atoms with E-state index < -0.39 is 11.9 Å². The van der Waals surface area contributed by atoms with Crippen molar-refractivity contribution < 1.29 is 23.9 Å². The van der Waals surface area contributed by atoms with Gasteiger partial charge < -0.3 is 9.64 Å². The lowest BCUT2D eigenvalue weighted by Crippen LogP contribution is -2.30. The van der Waals surface area contributed by atoms with E-state index in [4.69, 9.17) is 4.74 Å². The Morgan fingerprint density at radius 3 is 2.40 bits per heavy atom. The summed E-state index contributed by atoms with van der Waals surface area (Å²) in [4.78, 5) is 54.2. The Labute approximate surface area is 205 Å². The quantitative estimate of drug-likeness (QED) is 0.377. The summed E-state index contributed by atoms with van der Waals surface area (Å²) in [7, 11) is 0. The van der Waals surface area contributed by atoms with E-state index in [1.54, 1.807) is 29.2 Å². The lowest BCUT2D eigenvalue weighted by molar-refractivity contribution is -0.139. The van der Waals surface area contributed by atoms with Gasteiger partial charge in [0.1, 0.15) is 5.75 Å². The van der Waals surface area contributed by atoms with Gasteiger partial charge in [-0.25, -0.2) is 0 Å². The third-order valence-electron chi connectivity index (χ3n) is 7.61. The summed E-state index contributed by atoms with van der Waals surface area (Å²) in [5.41, 5.74) is 3.35. The molecule has 182 valence electrons. The molecule has 2 aromatic rings. The first-order chi connectivity index (χ1) is 16.7. The molecule has 2 aromatic carbocycles. The second-order valence-electron chi connectivity index (χ2n) is 10.3. The van der Waals surface area contributed by atoms with Crippen LogP contribution in [0.1, 0.15) is 43.7 Å². The Kier molecular flexibility index (Phi) is 5.95. The zero-order valence-electron chi connectivity index (χ0n) is 20.3. The average Bonchev–Trinajstić information content (AvgIpc) is 3.33. The molecule has 2 heterocycles. The molecule has 0 aromatic heterocycles. The van der Waals surface area contributed by atoms with Crippen LogP contribution in [0.15, 0.2) is 42.5 Å². The first kappa shape index (κ1) is 23.3. The van der Waals surface area contributed by atoms with Crippen LogP contribution in [0.4, 0.5) is 11.4 Å². The average molecular weight is 475 g/mol. The van der Waals surface area contributed by atoms with Gasteiger partial charge in [0.25, 0.3) is 0 Å². The van der Waals surface area contributed by atoms with Gasteiger partial charge in [0.15, 0.2) is 0 Å². The van der Waals surface area contributed by atoms with Crippen molar-refractivity contribution in [2.24, 2.45) is 23.7 Å². The minimum absolute atomic E-state index is 0.0992. The van der Waals surface area contributed by atoms with Crippen molar-refractivity contribution in [1.29, 1.82) is 0 Å². The number of ether oxygens (including phenoxy) is 1. The van der Waals surface area contributed by atoms with Crippen molar-refractivity contribution in [3.05, 3.63) is 53.6 Å². The summed E-state index contributed by atoms with van der Waals surface area (Å²) in [5.74, 6) is -1.08. The Bertz CT molecular complexity index is 1200. The Hall–Kier alpha value is -3.48. The molecule has 2 aliphatic heterocycles. The maximum absolute atomic E-state index is 12.9. The number of carbonyl (C=O) groups excluding carboxylic acids is 4. The van der Waals surface area contributed by atoms with E-state index in [2.05, 4.69) is 6.92 Å². The van der Waals surface area contributed by atoms with Crippen LogP contribution >= 0.6 is 0 Å². The number of fused-ring (bicyclic) bond motifs is 1. The van der Waals surface area contributed by atoms with Gasteiger partial charge in [0, 0.05) is 18.7 Å². The van der Waals surface area contributed by atoms with Crippen LogP contribution in [-0.2, 0) is 19.2 Å². The third kappa shape index (κ3) is 4.24. The minimum Gasteiger partial charge on any atom is -0.426 e. The van der Waals surface area contributed by atoms with E-state index >= 15 is 0 Å². The fourth-order valence-corrected chi connectivity index (χ4v) is 5.62. The van der Waals surface area contributed by atoms with Crippen LogP contribution in [-0.4, -0.2) is 30.2 Å². The molecule has 1 aliphatic carbocycles. The minimum atomic E-state index is -0.561. The van der Waals surface area contributed by atoms with E-state index in [1.807, 2.05) is 32.0 Å². The number of carbonyl (C=O) groups is 4. The fraction of sp³-hybridized carbons (Fsp3) is 0.429. The molecule has 4 atom stereocenters. The van der Waals surface area contributed by atoms with Crippen LogP contribution in [0.2, 0.25) is 0 Å². The van der Waals surface area contributed by atoms with Crippen LogP contribution in [0.5, 0.6) is 5.75 Å². The van der Waals surface area contributed by atoms with Crippen LogP contribution in [0, 0.1) is 37.5 Å². The van der Waals surface area contributed by atoms with Crippen LogP contribution in [0.3, 0.4) is 0 Å². The van der Waals surface area contributed by atoms with E-state index in [0.29, 0.717) is 17.4 Å². The molecule has 7 nitrogen and oxygen atoms in total. The first-order valence-electron chi connectivity index (χ1n) is 12.3. The van der Waals surface area contributed by atoms with Crippen molar-refractivity contribution in [2.75, 3.05) is 16.3 Å². The zero-order valence-corrected chi connectivity index (χ0v) is 20.3. The van der Waals surface area contributed by atoms with Crippen molar-refractivity contribution >= 4 is 35.1 Å². The number of aryl methyl sites for hydroxylation is 2. The Morgan fingerprint density at radius 2 is 1.66 bits per heavy atom. The molecule has 0 unspecified atom stereocenters. The summed E-state index contributed by atoms with van der Waals surface area (Å²) in [6.07, 6.45) is 2.57.